The van der Waals surface area contributed by atoms with Crippen LogP contribution in [0.1, 0.15) is 29.7 Å². The zero-order valence-corrected chi connectivity index (χ0v) is 30.1. The highest BCUT2D eigenvalue weighted by Gasteiger charge is 2.30. The van der Waals surface area contributed by atoms with Crippen molar-refractivity contribution < 1.29 is 8.83 Å². The van der Waals surface area contributed by atoms with Gasteiger partial charge in [0.15, 0.2) is 5.84 Å². The summed E-state index contributed by atoms with van der Waals surface area (Å²) in [6.07, 6.45) is 0. The van der Waals surface area contributed by atoms with Crippen molar-refractivity contribution in [3.05, 3.63) is 193 Å². The second-order valence-electron chi connectivity index (χ2n) is 14.5. The van der Waals surface area contributed by atoms with Gasteiger partial charge in [-0.05, 0) is 62.9 Å². The first-order chi connectivity index (χ1) is 27.2. The minimum absolute atomic E-state index is 0.0598. The average molecular weight is 707 g/mol. The van der Waals surface area contributed by atoms with Gasteiger partial charge in [0, 0.05) is 38.6 Å². The third-order valence-corrected chi connectivity index (χ3v) is 11.3. The normalized spacial score (nSPS) is 15.9. The first-order valence-electron chi connectivity index (χ1n) is 18.8. The van der Waals surface area contributed by atoms with Gasteiger partial charge in [-0.1, -0.05) is 159 Å². The molecule has 0 saturated carbocycles. The minimum Gasteiger partial charge on any atom is -0.456 e. The zero-order valence-electron chi connectivity index (χ0n) is 30.1. The van der Waals surface area contributed by atoms with E-state index < -0.39 is 0 Å². The highest BCUT2D eigenvalue weighted by atomic mass is 16.3. The van der Waals surface area contributed by atoms with E-state index in [2.05, 4.69) is 171 Å². The maximum absolute atomic E-state index is 6.69. The van der Waals surface area contributed by atoms with E-state index in [9.17, 15) is 0 Å². The molecule has 2 atom stereocenters. The van der Waals surface area contributed by atoms with Gasteiger partial charge in [-0.25, -0.2) is 4.99 Å². The predicted molar refractivity (Wildman–Crippen MR) is 227 cm³/mol. The van der Waals surface area contributed by atoms with Gasteiger partial charge in [-0.3, -0.25) is 4.99 Å². The van der Waals surface area contributed by atoms with Gasteiger partial charge in [-0.15, -0.1) is 0 Å². The molecule has 1 aliphatic rings. The van der Waals surface area contributed by atoms with Gasteiger partial charge in [0.05, 0.1) is 11.8 Å². The molecular formula is C51H34N2O2. The molecule has 0 bridgehead atoms. The fourth-order valence-corrected chi connectivity index (χ4v) is 8.54. The van der Waals surface area contributed by atoms with Crippen molar-refractivity contribution in [1.82, 2.24) is 0 Å². The first-order valence-corrected chi connectivity index (χ1v) is 18.8. The molecular weight excluding hydrogens is 673 g/mol. The lowest BCUT2D eigenvalue weighted by Gasteiger charge is -2.28. The molecule has 0 amide bonds. The van der Waals surface area contributed by atoms with E-state index in [1.165, 1.54) is 16.7 Å². The quantitative estimate of drug-likeness (QED) is 0.179. The van der Waals surface area contributed by atoms with E-state index in [0.717, 1.165) is 82.6 Å². The molecule has 0 spiro atoms. The van der Waals surface area contributed by atoms with E-state index >= 15 is 0 Å². The third kappa shape index (κ3) is 5.14. The summed E-state index contributed by atoms with van der Waals surface area (Å²) in [5.41, 5.74) is 12.2. The Bertz CT molecular complexity index is 3150. The summed E-state index contributed by atoms with van der Waals surface area (Å²) in [5, 5.41) is 6.58. The minimum atomic E-state index is -0.105. The Labute approximate surface area is 317 Å². The number of nitrogens with zero attached hydrogens (tertiary/aromatic N) is 2. The number of furan rings is 2. The van der Waals surface area contributed by atoms with Crippen LogP contribution in [0.2, 0.25) is 0 Å². The van der Waals surface area contributed by atoms with E-state index in [0.29, 0.717) is 5.84 Å². The fourth-order valence-electron chi connectivity index (χ4n) is 8.54. The largest absolute Gasteiger partial charge is 0.456 e. The Kier molecular flexibility index (Phi) is 7.17. The van der Waals surface area contributed by atoms with Crippen LogP contribution in [0.5, 0.6) is 0 Å². The Balaban J connectivity index is 1.08. The van der Waals surface area contributed by atoms with Crippen molar-refractivity contribution in [3.63, 3.8) is 0 Å². The smallest absolute Gasteiger partial charge is 0.156 e. The summed E-state index contributed by atoms with van der Waals surface area (Å²) in [7, 11) is 0. The van der Waals surface area contributed by atoms with Crippen molar-refractivity contribution in [2.75, 3.05) is 0 Å². The maximum atomic E-state index is 6.69. The lowest BCUT2D eigenvalue weighted by atomic mass is 9.85. The molecule has 4 heteroatoms. The number of hydrogen-bond acceptors (Lipinski definition) is 4. The van der Waals surface area contributed by atoms with Crippen LogP contribution in [0.3, 0.4) is 0 Å². The molecule has 0 fully saturated rings. The molecule has 8 aromatic carbocycles. The van der Waals surface area contributed by atoms with Gasteiger partial charge in [-0.2, -0.15) is 0 Å². The van der Waals surface area contributed by atoms with E-state index in [4.69, 9.17) is 18.8 Å². The highest BCUT2D eigenvalue weighted by molar-refractivity contribution is 6.26. The predicted octanol–water partition coefficient (Wildman–Crippen LogP) is 13.6. The van der Waals surface area contributed by atoms with Crippen molar-refractivity contribution in [2.45, 2.75) is 13.0 Å². The monoisotopic (exact) mass is 706 g/mol. The van der Waals surface area contributed by atoms with Crippen LogP contribution in [0.4, 0.5) is 0 Å². The van der Waals surface area contributed by atoms with E-state index in [1.807, 2.05) is 12.1 Å². The zero-order chi connectivity index (χ0) is 36.5. The summed E-state index contributed by atoms with van der Waals surface area (Å²) in [6.45, 7) is 2.24. The van der Waals surface area contributed by atoms with Crippen molar-refractivity contribution >= 4 is 66.2 Å². The molecule has 0 radical (unpaired) electrons. The van der Waals surface area contributed by atoms with E-state index in [1.54, 1.807) is 0 Å². The molecule has 3 heterocycles. The van der Waals surface area contributed by atoms with Crippen LogP contribution in [-0.4, -0.2) is 11.5 Å². The molecule has 11 rings (SSSR count). The van der Waals surface area contributed by atoms with Crippen LogP contribution in [0.15, 0.2) is 195 Å². The molecule has 1 unspecified atom stereocenters. The van der Waals surface area contributed by atoms with Crippen LogP contribution in [0.25, 0.3) is 76.9 Å². The molecule has 260 valence electrons. The van der Waals surface area contributed by atoms with Gasteiger partial charge in [0.1, 0.15) is 22.3 Å². The van der Waals surface area contributed by atoms with Crippen LogP contribution >= 0.6 is 0 Å². The third-order valence-electron chi connectivity index (χ3n) is 11.3. The molecule has 0 saturated heterocycles. The second kappa shape index (κ2) is 12.5. The van der Waals surface area contributed by atoms with Gasteiger partial charge in [0.25, 0.3) is 0 Å². The number of fused-ring (bicyclic) bond motifs is 8. The van der Waals surface area contributed by atoms with Gasteiger partial charge in [0.2, 0.25) is 0 Å². The lowest BCUT2D eigenvalue weighted by molar-refractivity contribution is 0.592. The number of benzene rings is 8. The first kappa shape index (κ1) is 31.5. The molecule has 0 N–H and O–H groups in total. The number of hydrogen-bond donors (Lipinski definition) is 0. The van der Waals surface area contributed by atoms with Crippen LogP contribution in [-0.2, 0) is 0 Å². The fraction of sp³-hybridized carbons (Fsp3) is 0.0588. The molecule has 4 nitrogen and oxygen atoms in total. The Hall–Kier alpha value is -7.04. The molecule has 0 aliphatic carbocycles. The number of rotatable bonds is 5. The van der Waals surface area contributed by atoms with Gasteiger partial charge < -0.3 is 8.83 Å². The summed E-state index contributed by atoms with van der Waals surface area (Å²) >= 11 is 0. The SMILES string of the molecule is C[C@@H]1C(c2ccc(-c3ccccc3)cc2)=NC(c2cc3oc4ccc(-c5cccc6c5oc5ccccc56)cc4c3c3ccccc23)=NC1c1ccccc1. The number of aliphatic imine (C=N–C) groups is 2. The molecule has 10 aromatic rings. The number of para-hydroxylation sites is 2. The Morgan fingerprint density at radius 2 is 1.07 bits per heavy atom. The van der Waals surface area contributed by atoms with Crippen molar-refractivity contribution in [1.29, 1.82) is 0 Å². The van der Waals surface area contributed by atoms with Crippen molar-refractivity contribution in [2.24, 2.45) is 15.9 Å². The highest BCUT2D eigenvalue weighted by Crippen LogP contribution is 2.42. The van der Waals surface area contributed by atoms with Crippen molar-refractivity contribution in [3.8, 4) is 22.3 Å². The number of amidine groups is 1. The lowest BCUT2D eigenvalue weighted by Crippen LogP contribution is -2.26. The van der Waals surface area contributed by atoms with E-state index in [-0.39, 0.29) is 12.0 Å². The average Bonchev–Trinajstić information content (AvgIpc) is 3.82. The van der Waals surface area contributed by atoms with Gasteiger partial charge >= 0.3 is 0 Å². The topological polar surface area (TPSA) is 51.0 Å². The van der Waals surface area contributed by atoms with Crippen LogP contribution in [0, 0.1) is 5.92 Å². The summed E-state index contributed by atoms with van der Waals surface area (Å²) in [5.74, 6) is 0.773. The van der Waals surface area contributed by atoms with Crippen LogP contribution < -0.4 is 0 Å². The summed E-state index contributed by atoms with van der Waals surface area (Å²) in [4.78, 5) is 10.8. The second-order valence-corrected chi connectivity index (χ2v) is 14.5. The standard InChI is InChI=1S/C51H34N2O2/c1-31-48(34-15-6-3-7-16-34)52-51(53-49(31)35-25-23-33(24-26-35)32-13-4-2-5-14-32)42-30-46-47(40-19-9-8-17-38(40)42)43-29-36(27-28-45(43)54-46)37-20-12-21-41-39-18-10-11-22-44(39)55-50(37)41/h2-31,48H,1H3/t31-,48?/m0/s1. The summed E-state index contributed by atoms with van der Waals surface area (Å²) in [6, 6.07) is 61.6. The molecule has 1 aliphatic heterocycles. The molecule has 55 heavy (non-hydrogen) atoms. The summed E-state index contributed by atoms with van der Waals surface area (Å²) < 4.78 is 13.1. The maximum Gasteiger partial charge on any atom is 0.156 e. The Morgan fingerprint density at radius 3 is 1.89 bits per heavy atom. The Morgan fingerprint density at radius 1 is 0.436 bits per heavy atom. The molecule has 2 aromatic heterocycles.